The summed E-state index contributed by atoms with van der Waals surface area (Å²) in [7, 11) is 0. The number of hydrogen-bond acceptors (Lipinski definition) is 2. The van der Waals surface area contributed by atoms with Gasteiger partial charge in [0.15, 0.2) is 0 Å². The Labute approximate surface area is 105 Å². The third-order valence-electron chi connectivity index (χ3n) is 2.98. The molecule has 0 amide bonds. The highest BCUT2D eigenvalue weighted by Gasteiger charge is 2.26. The van der Waals surface area contributed by atoms with Gasteiger partial charge in [-0.05, 0) is 32.8 Å². The molecule has 0 radical (unpaired) electrons. The second kappa shape index (κ2) is 5.65. The smallest absolute Gasteiger partial charge is 0.0809 e. The molecule has 96 valence electrons. The van der Waals surface area contributed by atoms with Gasteiger partial charge in [-0.2, -0.15) is 0 Å². The molecule has 2 heteroatoms. The van der Waals surface area contributed by atoms with Crippen molar-refractivity contribution >= 4 is 0 Å². The Morgan fingerprint density at radius 2 is 1.71 bits per heavy atom. The van der Waals surface area contributed by atoms with Gasteiger partial charge in [0, 0.05) is 18.5 Å². The number of rotatable bonds is 5. The summed E-state index contributed by atoms with van der Waals surface area (Å²) in [6.07, 6.45) is 1.46. The van der Waals surface area contributed by atoms with Crippen LogP contribution in [0.3, 0.4) is 0 Å². The number of β-amino-alcohol motifs (C(OH)–C–C–N with tert-alkyl or cyclic N) is 1. The van der Waals surface area contributed by atoms with Gasteiger partial charge in [0.2, 0.25) is 0 Å². The van der Waals surface area contributed by atoms with Crippen LogP contribution in [0.4, 0.5) is 0 Å². The largest absolute Gasteiger partial charge is 0.388 e. The molecule has 2 N–H and O–H groups in total. The molecule has 1 unspecified atom stereocenters. The van der Waals surface area contributed by atoms with Gasteiger partial charge in [-0.25, -0.2) is 0 Å². The lowest BCUT2D eigenvalue weighted by Crippen LogP contribution is -2.48. The van der Waals surface area contributed by atoms with Crippen LogP contribution in [0.5, 0.6) is 0 Å². The molecule has 0 bridgehead atoms. The molecule has 0 aliphatic carbocycles. The molecule has 0 aliphatic rings. The van der Waals surface area contributed by atoms with E-state index in [0.29, 0.717) is 13.0 Å². The Balaban J connectivity index is 2.63. The van der Waals surface area contributed by atoms with E-state index in [0.717, 1.165) is 6.42 Å². The van der Waals surface area contributed by atoms with Crippen molar-refractivity contribution in [3.05, 3.63) is 35.9 Å². The monoisotopic (exact) mass is 235 g/mol. The fraction of sp³-hybridized carbons (Fsp3) is 0.600. The summed E-state index contributed by atoms with van der Waals surface area (Å²) in [5.41, 5.74) is 0.571. The third kappa shape index (κ3) is 5.33. The van der Waals surface area contributed by atoms with E-state index < -0.39 is 5.60 Å². The maximum atomic E-state index is 10.6. The van der Waals surface area contributed by atoms with Gasteiger partial charge >= 0.3 is 0 Å². The highest BCUT2D eigenvalue weighted by Crippen LogP contribution is 2.17. The fourth-order valence-electron chi connectivity index (χ4n) is 1.72. The SMILES string of the molecule is CCC(O)(CNC(C)(C)C)Cc1ccccc1. The lowest BCUT2D eigenvalue weighted by atomic mass is 9.91. The van der Waals surface area contributed by atoms with Gasteiger partial charge in [0.05, 0.1) is 5.60 Å². The average molecular weight is 235 g/mol. The van der Waals surface area contributed by atoms with Crippen molar-refractivity contribution in [2.24, 2.45) is 0 Å². The quantitative estimate of drug-likeness (QED) is 0.822. The Morgan fingerprint density at radius 1 is 1.12 bits per heavy atom. The predicted molar refractivity (Wildman–Crippen MR) is 73.1 cm³/mol. The number of nitrogens with one attached hydrogen (secondary N) is 1. The molecule has 0 heterocycles. The zero-order valence-corrected chi connectivity index (χ0v) is 11.5. The summed E-state index contributed by atoms with van der Waals surface area (Å²) in [5.74, 6) is 0. The van der Waals surface area contributed by atoms with Crippen LogP contribution in [0.2, 0.25) is 0 Å². The van der Waals surface area contributed by atoms with E-state index in [-0.39, 0.29) is 5.54 Å². The van der Waals surface area contributed by atoms with E-state index >= 15 is 0 Å². The summed E-state index contributed by atoms with van der Waals surface area (Å²) in [5, 5.41) is 14.0. The second-order valence-electron chi connectivity index (χ2n) is 5.84. The third-order valence-corrected chi connectivity index (χ3v) is 2.98. The summed E-state index contributed by atoms with van der Waals surface area (Å²) >= 11 is 0. The van der Waals surface area contributed by atoms with Crippen LogP contribution >= 0.6 is 0 Å². The van der Waals surface area contributed by atoms with Gasteiger partial charge in [0.1, 0.15) is 0 Å². The van der Waals surface area contributed by atoms with E-state index in [2.05, 4.69) is 38.2 Å². The molecule has 1 aromatic rings. The number of aliphatic hydroxyl groups is 1. The van der Waals surface area contributed by atoms with Crippen LogP contribution in [0.15, 0.2) is 30.3 Å². The van der Waals surface area contributed by atoms with Crippen LogP contribution in [-0.2, 0) is 6.42 Å². The van der Waals surface area contributed by atoms with Gasteiger partial charge < -0.3 is 10.4 Å². The number of benzene rings is 1. The van der Waals surface area contributed by atoms with Crippen molar-refractivity contribution in [3.8, 4) is 0 Å². The van der Waals surface area contributed by atoms with Gasteiger partial charge in [-0.3, -0.25) is 0 Å². The van der Waals surface area contributed by atoms with E-state index in [1.54, 1.807) is 0 Å². The van der Waals surface area contributed by atoms with Crippen molar-refractivity contribution in [2.75, 3.05) is 6.54 Å². The summed E-state index contributed by atoms with van der Waals surface area (Å²) in [6, 6.07) is 10.2. The number of hydrogen-bond donors (Lipinski definition) is 2. The second-order valence-corrected chi connectivity index (χ2v) is 5.84. The van der Waals surface area contributed by atoms with Gasteiger partial charge in [0.25, 0.3) is 0 Å². The molecule has 0 saturated heterocycles. The maximum absolute atomic E-state index is 10.6. The first-order chi connectivity index (χ1) is 7.85. The van der Waals surface area contributed by atoms with Crippen molar-refractivity contribution in [3.63, 3.8) is 0 Å². The first-order valence-corrected chi connectivity index (χ1v) is 6.36. The summed E-state index contributed by atoms with van der Waals surface area (Å²) < 4.78 is 0. The molecule has 17 heavy (non-hydrogen) atoms. The molecule has 1 aromatic carbocycles. The van der Waals surface area contributed by atoms with Crippen molar-refractivity contribution in [1.29, 1.82) is 0 Å². The Hall–Kier alpha value is -0.860. The van der Waals surface area contributed by atoms with Crippen LogP contribution < -0.4 is 5.32 Å². The predicted octanol–water partition coefficient (Wildman–Crippen LogP) is 2.76. The van der Waals surface area contributed by atoms with Crippen LogP contribution in [0.1, 0.15) is 39.7 Å². The van der Waals surface area contributed by atoms with E-state index in [4.69, 9.17) is 0 Å². The maximum Gasteiger partial charge on any atom is 0.0809 e. The zero-order chi connectivity index (χ0) is 12.9. The normalized spacial score (nSPS) is 15.6. The molecule has 0 aromatic heterocycles. The Morgan fingerprint density at radius 3 is 2.18 bits per heavy atom. The molecule has 1 atom stereocenters. The highest BCUT2D eigenvalue weighted by molar-refractivity contribution is 5.17. The summed E-state index contributed by atoms with van der Waals surface area (Å²) in [4.78, 5) is 0. The Kier molecular flexibility index (Phi) is 4.72. The highest BCUT2D eigenvalue weighted by atomic mass is 16.3. The molecule has 1 rings (SSSR count). The topological polar surface area (TPSA) is 32.3 Å². The van der Waals surface area contributed by atoms with Crippen LogP contribution in [0.25, 0.3) is 0 Å². The molecule has 0 spiro atoms. The van der Waals surface area contributed by atoms with E-state index in [9.17, 15) is 5.11 Å². The van der Waals surface area contributed by atoms with Gasteiger partial charge in [-0.15, -0.1) is 0 Å². The molecule has 0 aliphatic heterocycles. The molecule has 0 fully saturated rings. The van der Waals surface area contributed by atoms with Crippen molar-refractivity contribution in [2.45, 2.75) is 51.7 Å². The first-order valence-electron chi connectivity index (χ1n) is 6.36. The van der Waals surface area contributed by atoms with Crippen LogP contribution in [-0.4, -0.2) is 22.8 Å². The standard InChI is InChI=1S/C15H25NO/c1-5-15(17,12-16-14(2,3)4)11-13-9-7-6-8-10-13/h6-10,16-17H,5,11-12H2,1-4H3. The molecule has 0 saturated carbocycles. The van der Waals surface area contributed by atoms with Crippen molar-refractivity contribution in [1.82, 2.24) is 5.32 Å². The Bertz CT molecular complexity index is 329. The van der Waals surface area contributed by atoms with E-state index in [1.807, 2.05) is 25.1 Å². The molecular formula is C15H25NO. The van der Waals surface area contributed by atoms with Crippen molar-refractivity contribution < 1.29 is 5.11 Å². The molecular weight excluding hydrogens is 210 g/mol. The lowest BCUT2D eigenvalue weighted by molar-refractivity contribution is 0.0308. The van der Waals surface area contributed by atoms with E-state index in [1.165, 1.54) is 5.56 Å². The molecule has 2 nitrogen and oxygen atoms in total. The lowest BCUT2D eigenvalue weighted by Gasteiger charge is -2.31. The summed E-state index contributed by atoms with van der Waals surface area (Å²) in [6.45, 7) is 9.01. The zero-order valence-electron chi connectivity index (χ0n) is 11.5. The van der Waals surface area contributed by atoms with Gasteiger partial charge in [-0.1, -0.05) is 37.3 Å². The minimum Gasteiger partial charge on any atom is -0.388 e. The first kappa shape index (κ1) is 14.2. The minimum absolute atomic E-state index is 0.0415. The fourth-order valence-corrected chi connectivity index (χ4v) is 1.72. The minimum atomic E-state index is -0.658. The average Bonchev–Trinajstić information content (AvgIpc) is 2.27. The van der Waals surface area contributed by atoms with Crippen LogP contribution in [0, 0.1) is 0 Å².